The molecule has 3 heteroatoms. The van der Waals surface area contributed by atoms with Gasteiger partial charge in [-0.1, -0.05) is 34.6 Å². The maximum Gasteiger partial charge on any atom is 0.0618 e. The number of hydrogen-bond acceptors (Lipinski definition) is 3. The Kier molecular flexibility index (Phi) is 6.78. The van der Waals surface area contributed by atoms with E-state index in [-0.39, 0.29) is 0 Å². The van der Waals surface area contributed by atoms with Crippen molar-refractivity contribution in [2.75, 3.05) is 26.8 Å². The number of rotatable bonds is 7. The van der Waals surface area contributed by atoms with Gasteiger partial charge in [0.05, 0.1) is 6.61 Å². The van der Waals surface area contributed by atoms with Crippen molar-refractivity contribution in [3.05, 3.63) is 0 Å². The van der Waals surface area contributed by atoms with E-state index in [4.69, 9.17) is 4.74 Å². The molecule has 0 spiro atoms. The van der Waals surface area contributed by atoms with Crippen molar-refractivity contribution in [2.45, 2.75) is 71.5 Å². The van der Waals surface area contributed by atoms with Crippen molar-refractivity contribution in [2.24, 2.45) is 5.92 Å². The van der Waals surface area contributed by atoms with Crippen LogP contribution in [-0.4, -0.2) is 49.3 Å². The summed E-state index contributed by atoms with van der Waals surface area (Å²) in [6, 6.07) is 1.18. The molecule has 1 fully saturated rings. The predicted octanol–water partition coefficient (Wildman–Crippen LogP) is 2.90. The van der Waals surface area contributed by atoms with E-state index in [1.54, 1.807) is 0 Å². The Labute approximate surface area is 120 Å². The predicted molar refractivity (Wildman–Crippen MR) is 82.6 cm³/mol. The zero-order chi connectivity index (χ0) is 14.5. The lowest BCUT2D eigenvalue weighted by Gasteiger charge is -2.51. The molecule has 114 valence electrons. The van der Waals surface area contributed by atoms with Crippen molar-refractivity contribution in [3.63, 3.8) is 0 Å². The second-order valence-electron chi connectivity index (χ2n) is 6.37. The minimum atomic E-state index is 0.298. The Balaban J connectivity index is 2.89. The van der Waals surface area contributed by atoms with E-state index in [1.807, 2.05) is 7.11 Å². The Morgan fingerprint density at radius 2 is 1.89 bits per heavy atom. The summed E-state index contributed by atoms with van der Waals surface area (Å²) in [4.78, 5) is 2.72. The molecule has 2 unspecified atom stereocenters. The summed E-state index contributed by atoms with van der Waals surface area (Å²) in [6.45, 7) is 14.7. The molecule has 1 aliphatic rings. The first-order valence-electron chi connectivity index (χ1n) is 8.03. The second kappa shape index (κ2) is 7.61. The van der Waals surface area contributed by atoms with Crippen LogP contribution in [0.25, 0.3) is 0 Å². The fourth-order valence-electron chi connectivity index (χ4n) is 3.34. The van der Waals surface area contributed by atoms with Gasteiger partial charge in [-0.3, -0.25) is 4.90 Å². The van der Waals surface area contributed by atoms with Gasteiger partial charge in [0.25, 0.3) is 0 Å². The highest BCUT2D eigenvalue weighted by Gasteiger charge is 2.40. The SMILES string of the molecule is CCC(COC)N1CC(CC)(CC)NCC1C(C)C. The average Bonchev–Trinajstić information content (AvgIpc) is 2.43. The Hall–Kier alpha value is -0.120. The van der Waals surface area contributed by atoms with Crippen LogP contribution in [0.4, 0.5) is 0 Å². The van der Waals surface area contributed by atoms with Gasteiger partial charge >= 0.3 is 0 Å². The molecule has 1 saturated heterocycles. The van der Waals surface area contributed by atoms with Gasteiger partial charge in [-0.25, -0.2) is 0 Å². The largest absolute Gasteiger partial charge is 0.383 e. The molecule has 1 aliphatic heterocycles. The lowest BCUT2D eigenvalue weighted by molar-refractivity contribution is -0.0115. The molecule has 1 heterocycles. The summed E-state index contributed by atoms with van der Waals surface area (Å²) >= 11 is 0. The number of methoxy groups -OCH3 is 1. The molecule has 0 aromatic carbocycles. The third kappa shape index (κ3) is 3.93. The van der Waals surface area contributed by atoms with E-state index < -0.39 is 0 Å². The van der Waals surface area contributed by atoms with Crippen LogP contribution < -0.4 is 5.32 Å². The van der Waals surface area contributed by atoms with E-state index in [0.29, 0.717) is 23.5 Å². The molecule has 19 heavy (non-hydrogen) atoms. The molecule has 1 N–H and O–H groups in total. The van der Waals surface area contributed by atoms with Crippen LogP contribution in [0.5, 0.6) is 0 Å². The number of nitrogens with zero attached hydrogens (tertiary/aromatic N) is 1. The van der Waals surface area contributed by atoms with Crippen LogP contribution >= 0.6 is 0 Å². The number of nitrogens with one attached hydrogen (secondary N) is 1. The smallest absolute Gasteiger partial charge is 0.0618 e. The number of piperazine rings is 1. The Morgan fingerprint density at radius 3 is 2.32 bits per heavy atom. The standard InChI is InChI=1S/C16H34N2O/c1-7-14(11-19-6)18-12-16(8-2,9-3)17-10-15(18)13(4)5/h13-15,17H,7-12H2,1-6H3. The van der Waals surface area contributed by atoms with Gasteiger partial charge in [0.1, 0.15) is 0 Å². The van der Waals surface area contributed by atoms with Crippen molar-refractivity contribution in [3.8, 4) is 0 Å². The summed E-state index contributed by atoms with van der Waals surface area (Å²) in [6.07, 6.45) is 3.57. The zero-order valence-corrected chi connectivity index (χ0v) is 13.8. The fourth-order valence-corrected chi connectivity index (χ4v) is 3.34. The summed E-state index contributed by atoms with van der Waals surface area (Å²) in [5.41, 5.74) is 0.298. The molecule has 0 aliphatic carbocycles. The third-order valence-electron chi connectivity index (χ3n) is 5.02. The maximum atomic E-state index is 5.45. The van der Waals surface area contributed by atoms with E-state index in [9.17, 15) is 0 Å². The number of ether oxygens (including phenoxy) is 1. The summed E-state index contributed by atoms with van der Waals surface area (Å²) in [5, 5.41) is 3.83. The fraction of sp³-hybridized carbons (Fsp3) is 1.00. The van der Waals surface area contributed by atoms with Crippen LogP contribution in [0.15, 0.2) is 0 Å². The first kappa shape index (κ1) is 16.9. The molecular weight excluding hydrogens is 236 g/mol. The summed E-state index contributed by atoms with van der Waals surface area (Å²) < 4.78 is 5.45. The first-order chi connectivity index (χ1) is 9.03. The lowest BCUT2D eigenvalue weighted by atomic mass is 9.85. The molecule has 2 atom stereocenters. The quantitative estimate of drug-likeness (QED) is 0.770. The normalized spacial score (nSPS) is 25.7. The van der Waals surface area contributed by atoms with E-state index in [1.165, 1.54) is 19.3 Å². The average molecular weight is 270 g/mol. The lowest BCUT2D eigenvalue weighted by Crippen LogP contribution is -2.67. The first-order valence-corrected chi connectivity index (χ1v) is 8.03. The highest BCUT2D eigenvalue weighted by atomic mass is 16.5. The highest BCUT2D eigenvalue weighted by Crippen LogP contribution is 2.28. The van der Waals surface area contributed by atoms with Crippen molar-refractivity contribution < 1.29 is 4.74 Å². The molecule has 0 saturated carbocycles. The summed E-state index contributed by atoms with van der Waals surface area (Å²) in [5.74, 6) is 0.685. The Bertz CT molecular complexity index is 251. The maximum absolute atomic E-state index is 5.45. The van der Waals surface area contributed by atoms with Gasteiger partial charge in [0.15, 0.2) is 0 Å². The van der Waals surface area contributed by atoms with Crippen LogP contribution in [-0.2, 0) is 4.74 Å². The van der Waals surface area contributed by atoms with Crippen LogP contribution in [0.1, 0.15) is 53.9 Å². The van der Waals surface area contributed by atoms with Gasteiger partial charge in [0, 0.05) is 37.8 Å². The van der Waals surface area contributed by atoms with Gasteiger partial charge in [-0.2, -0.15) is 0 Å². The molecule has 0 aromatic heterocycles. The minimum Gasteiger partial charge on any atom is -0.383 e. The van der Waals surface area contributed by atoms with Gasteiger partial charge in [0.2, 0.25) is 0 Å². The molecule has 1 rings (SSSR count). The van der Waals surface area contributed by atoms with Crippen molar-refractivity contribution >= 4 is 0 Å². The molecular formula is C16H34N2O. The number of hydrogen-bond donors (Lipinski definition) is 1. The highest BCUT2D eigenvalue weighted by molar-refractivity contribution is 4.99. The summed E-state index contributed by atoms with van der Waals surface area (Å²) in [7, 11) is 1.82. The molecule has 0 amide bonds. The second-order valence-corrected chi connectivity index (χ2v) is 6.37. The monoisotopic (exact) mass is 270 g/mol. The minimum absolute atomic E-state index is 0.298. The molecule has 0 radical (unpaired) electrons. The molecule has 0 bridgehead atoms. The Morgan fingerprint density at radius 1 is 1.26 bits per heavy atom. The van der Waals surface area contributed by atoms with E-state index in [2.05, 4.69) is 44.8 Å². The molecule has 3 nitrogen and oxygen atoms in total. The van der Waals surface area contributed by atoms with Crippen LogP contribution in [0.2, 0.25) is 0 Å². The van der Waals surface area contributed by atoms with E-state index >= 15 is 0 Å². The van der Waals surface area contributed by atoms with Crippen LogP contribution in [0.3, 0.4) is 0 Å². The van der Waals surface area contributed by atoms with Crippen molar-refractivity contribution in [1.82, 2.24) is 10.2 Å². The topological polar surface area (TPSA) is 24.5 Å². The van der Waals surface area contributed by atoms with Gasteiger partial charge < -0.3 is 10.1 Å². The zero-order valence-electron chi connectivity index (χ0n) is 13.8. The molecule has 0 aromatic rings. The van der Waals surface area contributed by atoms with Gasteiger partial charge in [-0.15, -0.1) is 0 Å². The van der Waals surface area contributed by atoms with E-state index in [0.717, 1.165) is 19.7 Å². The van der Waals surface area contributed by atoms with Crippen LogP contribution in [0, 0.1) is 5.92 Å². The van der Waals surface area contributed by atoms with Gasteiger partial charge in [-0.05, 0) is 25.2 Å². The van der Waals surface area contributed by atoms with Crippen molar-refractivity contribution in [1.29, 1.82) is 0 Å². The third-order valence-corrected chi connectivity index (χ3v) is 5.02.